The Morgan fingerprint density at radius 1 is 0.911 bits per heavy atom. The summed E-state index contributed by atoms with van der Waals surface area (Å²) in [6.07, 6.45) is 3.02. The zero-order valence-corrected chi connectivity index (χ0v) is 25.3. The molecule has 0 fully saturated rings. The molecule has 7 aromatic rings. The standard InChI is InChI=1S/C33H27N7O4S/c1-19-4-9-25(10-5-19)45(42,43)40-29-12-6-21(22-7-13-31(44-3)35-17-22)14-23(29)15-30(40)32(41)26-18-36-39(33(26)34)24-8-11-27-28(16-24)38-20(2)37-27/h4-18H,34H2,1-3H3,(H,37,38). The second-order valence-corrected chi connectivity index (χ2v) is 12.5. The number of aromatic amines is 1. The number of benzene rings is 3. The van der Waals surface area contributed by atoms with Gasteiger partial charge in [0.2, 0.25) is 11.7 Å². The van der Waals surface area contributed by atoms with Gasteiger partial charge in [-0.05, 0) is 74.0 Å². The predicted molar refractivity (Wildman–Crippen MR) is 171 cm³/mol. The molecule has 12 heteroatoms. The number of carbonyl (C=O) groups is 1. The summed E-state index contributed by atoms with van der Waals surface area (Å²) in [5.74, 6) is 0.720. The molecule has 224 valence electrons. The number of anilines is 1. The molecule has 11 nitrogen and oxygen atoms in total. The van der Waals surface area contributed by atoms with Crippen LogP contribution in [0.5, 0.6) is 5.88 Å². The Hall–Kier alpha value is -5.75. The number of fused-ring (bicyclic) bond motifs is 2. The highest BCUT2D eigenvalue weighted by Gasteiger charge is 2.29. The average molecular weight is 618 g/mol. The first kappa shape index (κ1) is 28.0. The fraction of sp³-hybridized carbons (Fsp3) is 0.0909. The van der Waals surface area contributed by atoms with Crippen molar-refractivity contribution in [1.29, 1.82) is 0 Å². The van der Waals surface area contributed by atoms with Crippen LogP contribution in [0.3, 0.4) is 0 Å². The molecule has 0 saturated heterocycles. The van der Waals surface area contributed by atoms with Crippen molar-refractivity contribution in [3.05, 3.63) is 114 Å². The first-order valence-electron chi connectivity index (χ1n) is 14.0. The summed E-state index contributed by atoms with van der Waals surface area (Å²) in [5.41, 5.74) is 11.5. The van der Waals surface area contributed by atoms with Crippen molar-refractivity contribution in [2.75, 3.05) is 12.8 Å². The number of nitrogens with zero attached hydrogens (tertiary/aromatic N) is 5. The summed E-state index contributed by atoms with van der Waals surface area (Å²) in [6.45, 7) is 3.73. The zero-order valence-electron chi connectivity index (χ0n) is 24.5. The van der Waals surface area contributed by atoms with Crippen LogP contribution in [0.2, 0.25) is 0 Å². The lowest BCUT2D eigenvalue weighted by molar-refractivity contribution is 0.103. The molecule has 3 aromatic carbocycles. The molecular formula is C33H27N7O4S. The van der Waals surface area contributed by atoms with Gasteiger partial charge in [-0.3, -0.25) is 4.79 Å². The Labute approximate surface area is 258 Å². The molecule has 0 unspecified atom stereocenters. The van der Waals surface area contributed by atoms with E-state index < -0.39 is 15.8 Å². The van der Waals surface area contributed by atoms with Gasteiger partial charge in [-0.15, -0.1) is 0 Å². The number of ketones is 1. The number of aryl methyl sites for hydroxylation is 2. The van der Waals surface area contributed by atoms with Gasteiger partial charge in [-0.1, -0.05) is 23.8 Å². The van der Waals surface area contributed by atoms with E-state index >= 15 is 0 Å². The smallest absolute Gasteiger partial charge is 0.268 e. The summed E-state index contributed by atoms with van der Waals surface area (Å²) >= 11 is 0. The fourth-order valence-corrected chi connectivity index (χ4v) is 6.92. The van der Waals surface area contributed by atoms with E-state index in [2.05, 4.69) is 20.1 Å². The summed E-state index contributed by atoms with van der Waals surface area (Å²) in [5, 5.41) is 4.93. The number of hydrogen-bond donors (Lipinski definition) is 2. The number of imidazole rings is 1. The quantitative estimate of drug-likeness (QED) is 0.225. The highest BCUT2D eigenvalue weighted by molar-refractivity contribution is 7.90. The van der Waals surface area contributed by atoms with Crippen LogP contribution < -0.4 is 10.5 Å². The third-order valence-electron chi connectivity index (χ3n) is 7.71. The number of carbonyl (C=O) groups excluding carboxylic acids is 1. The van der Waals surface area contributed by atoms with Crippen LogP contribution in [0.4, 0.5) is 5.82 Å². The van der Waals surface area contributed by atoms with E-state index in [4.69, 9.17) is 10.5 Å². The van der Waals surface area contributed by atoms with Crippen molar-refractivity contribution >= 4 is 43.6 Å². The van der Waals surface area contributed by atoms with Gasteiger partial charge in [-0.25, -0.2) is 27.0 Å². The molecule has 0 radical (unpaired) electrons. The minimum Gasteiger partial charge on any atom is -0.481 e. The van der Waals surface area contributed by atoms with Gasteiger partial charge in [0, 0.05) is 23.2 Å². The number of nitrogens with one attached hydrogen (secondary N) is 1. The van der Waals surface area contributed by atoms with Crippen LogP contribution in [-0.4, -0.2) is 50.0 Å². The van der Waals surface area contributed by atoms with Gasteiger partial charge in [0.25, 0.3) is 10.0 Å². The van der Waals surface area contributed by atoms with Crippen molar-refractivity contribution in [2.24, 2.45) is 0 Å². The Balaban J connectivity index is 1.38. The Bertz CT molecular complexity index is 2370. The molecule has 0 atom stereocenters. The monoisotopic (exact) mass is 617 g/mol. The lowest BCUT2D eigenvalue weighted by atomic mass is 10.1. The topological polar surface area (TPSA) is 151 Å². The van der Waals surface area contributed by atoms with Crippen molar-refractivity contribution in [3.8, 4) is 22.7 Å². The van der Waals surface area contributed by atoms with E-state index in [0.29, 0.717) is 22.5 Å². The summed E-state index contributed by atoms with van der Waals surface area (Å²) in [7, 11) is -2.66. The molecule has 0 saturated carbocycles. The second kappa shape index (κ2) is 10.5. The fourth-order valence-electron chi connectivity index (χ4n) is 5.40. The Kier molecular flexibility index (Phi) is 6.52. The van der Waals surface area contributed by atoms with Crippen LogP contribution in [0, 0.1) is 13.8 Å². The first-order chi connectivity index (χ1) is 21.6. The maximum absolute atomic E-state index is 14.2. The molecule has 3 N–H and O–H groups in total. The van der Waals surface area contributed by atoms with Gasteiger partial charge in [0.05, 0.1) is 46.0 Å². The SMILES string of the molecule is COc1ccc(-c2ccc3c(c2)cc(C(=O)c2cnn(-c4ccc5[nH]c(C)nc5c4)c2N)n3S(=O)(=O)c2ccc(C)cc2)cn1. The number of ether oxygens (including phenoxy) is 1. The van der Waals surface area contributed by atoms with Gasteiger partial charge in [-0.2, -0.15) is 5.10 Å². The van der Waals surface area contributed by atoms with E-state index in [1.54, 1.807) is 49.7 Å². The molecule has 0 bridgehead atoms. The normalized spacial score (nSPS) is 11.8. The van der Waals surface area contributed by atoms with Gasteiger partial charge < -0.3 is 15.5 Å². The number of hydrogen-bond acceptors (Lipinski definition) is 8. The lowest BCUT2D eigenvalue weighted by Gasteiger charge is -2.12. The average Bonchev–Trinajstić information content (AvgIpc) is 3.74. The number of H-pyrrole nitrogens is 1. The first-order valence-corrected chi connectivity index (χ1v) is 15.4. The summed E-state index contributed by atoms with van der Waals surface area (Å²) in [6, 6.07) is 22.4. The summed E-state index contributed by atoms with van der Waals surface area (Å²) in [4.78, 5) is 26.2. The molecule has 0 aliphatic carbocycles. The number of nitrogens with two attached hydrogens (primary N) is 1. The van der Waals surface area contributed by atoms with Crippen molar-refractivity contribution < 1.29 is 17.9 Å². The van der Waals surface area contributed by atoms with Crippen LogP contribution in [0.15, 0.2) is 96.2 Å². The highest BCUT2D eigenvalue weighted by atomic mass is 32.2. The van der Waals surface area contributed by atoms with Gasteiger partial charge >= 0.3 is 0 Å². The number of pyridine rings is 1. The third kappa shape index (κ3) is 4.71. The molecule has 4 heterocycles. The largest absolute Gasteiger partial charge is 0.481 e. The lowest BCUT2D eigenvalue weighted by Crippen LogP contribution is -2.19. The van der Waals surface area contributed by atoms with Crippen LogP contribution in [0.1, 0.15) is 27.4 Å². The molecule has 0 aliphatic rings. The molecule has 7 rings (SSSR count). The van der Waals surface area contributed by atoms with Crippen molar-refractivity contribution in [1.82, 2.24) is 28.7 Å². The van der Waals surface area contributed by atoms with E-state index in [1.807, 2.05) is 44.2 Å². The van der Waals surface area contributed by atoms with Crippen LogP contribution in [0.25, 0.3) is 38.8 Å². The maximum Gasteiger partial charge on any atom is 0.268 e. The molecular weight excluding hydrogens is 590 g/mol. The van der Waals surface area contributed by atoms with Crippen molar-refractivity contribution in [2.45, 2.75) is 18.7 Å². The molecule has 0 amide bonds. The molecule has 4 aromatic heterocycles. The minimum absolute atomic E-state index is 0.0503. The number of methoxy groups -OCH3 is 1. The zero-order chi connectivity index (χ0) is 31.5. The van der Waals surface area contributed by atoms with Gasteiger partial charge in [0.15, 0.2) is 0 Å². The van der Waals surface area contributed by atoms with E-state index in [1.165, 1.54) is 23.0 Å². The van der Waals surface area contributed by atoms with E-state index in [0.717, 1.165) is 37.5 Å². The third-order valence-corrected chi connectivity index (χ3v) is 9.45. The molecule has 45 heavy (non-hydrogen) atoms. The van der Waals surface area contributed by atoms with Gasteiger partial charge in [0.1, 0.15) is 17.3 Å². The minimum atomic E-state index is -4.20. The van der Waals surface area contributed by atoms with E-state index in [-0.39, 0.29) is 22.0 Å². The second-order valence-electron chi connectivity index (χ2n) is 10.7. The molecule has 0 aliphatic heterocycles. The van der Waals surface area contributed by atoms with E-state index in [9.17, 15) is 13.2 Å². The maximum atomic E-state index is 14.2. The van der Waals surface area contributed by atoms with Crippen LogP contribution in [-0.2, 0) is 10.0 Å². The van der Waals surface area contributed by atoms with Crippen LogP contribution >= 0.6 is 0 Å². The summed E-state index contributed by atoms with van der Waals surface area (Å²) < 4.78 is 36.0. The number of nitrogen functional groups attached to an aromatic ring is 1. The number of aromatic nitrogens is 6. The predicted octanol–water partition coefficient (Wildman–Crippen LogP) is 5.44. The Morgan fingerprint density at radius 3 is 2.42 bits per heavy atom. The molecule has 0 spiro atoms. The number of rotatable bonds is 7. The highest BCUT2D eigenvalue weighted by Crippen LogP contribution is 2.32. The Morgan fingerprint density at radius 2 is 1.69 bits per heavy atom. The van der Waals surface area contributed by atoms with Crippen molar-refractivity contribution in [3.63, 3.8) is 0 Å².